The van der Waals surface area contributed by atoms with Crippen LogP contribution in [0.4, 0.5) is 39.8 Å². The van der Waals surface area contributed by atoms with E-state index in [0.29, 0.717) is 119 Å². The zero-order valence-electron chi connectivity index (χ0n) is 51.4. The molecule has 0 bridgehead atoms. The third kappa shape index (κ3) is 10.4. The first kappa shape index (κ1) is 59.0. The first-order valence-electron chi connectivity index (χ1n) is 30.4. The molecule has 446 valence electrons. The summed E-state index contributed by atoms with van der Waals surface area (Å²) >= 11 is 0. The van der Waals surface area contributed by atoms with Gasteiger partial charge in [-0.25, -0.2) is 48.9 Å². The van der Waals surface area contributed by atoms with E-state index in [-0.39, 0.29) is 0 Å². The van der Waals surface area contributed by atoms with Gasteiger partial charge in [-0.05, 0) is 165 Å². The molecule has 0 unspecified atom stereocenters. The van der Waals surface area contributed by atoms with Crippen LogP contribution in [0.15, 0.2) is 243 Å². The number of hydrogen-bond donors (Lipinski definition) is 0. The highest BCUT2D eigenvalue weighted by molar-refractivity contribution is 6.14. The maximum Gasteiger partial charge on any atom is 0.218 e. The van der Waals surface area contributed by atoms with Gasteiger partial charge < -0.3 is 9.13 Å². The van der Waals surface area contributed by atoms with Gasteiger partial charge in [0.2, 0.25) is 5.69 Å². The van der Waals surface area contributed by atoms with Crippen molar-refractivity contribution in [3.63, 3.8) is 0 Å². The third-order valence-corrected chi connectivity index (χ3v) is 17.4. The first-order valence-corrected chi connectivity index (χ1v) is 30.4. The molecule has 0 aliphatic rings. The van der Waals surface area contributed by atoms with Crippen LogP contribution in [0.1, 0.15) is 11.1 Å². The van der Waals surface area contributed by atoms with Gasteiger partial charge >= 0.3 is 0 Å². The number of nitriles is 2. The molecule has 3 heterocycles. The van der Waals surface area contributed by atoms with E-state index in [1.807, 2.05) is 152 Å². The molecular formula is C84H40N14. The zero-order chi connectivity index (χ0) is 67.1. The smallest absolute Gasteiger partial charge is 0.218 e. The van der Waals surface area contributed by atoms with Gasteiger partial charge in [-0.2, -0.15) is 10.5 Å². The summed E-state index contributed by atoms with van der Waals surface area (Å²) < 4.78 is 4.23. The minimum absolute atomic E-state index is 0.295. The Balaban J connectivity index is 1.01. The van der Waals surface area contributed by atoms with Crippen LogP contribution in [0.25, 0.3) is 179 Å². The van der Waals surface area contributed by atoms with Crippen molar-refractivity contribution >= 4 is 83.4 Å². The Kier molecular flexibility index (Phi) is 14.7. The lowest BCUT2D eigenvalue weighted by atomic mass is 9.95. The van der Waals surface area contributed by atoms with Gasteiger partial charge in [0.1, 0.15) is 0 Å². The van der Waals surface area contributed by atoms with Crippen LogP contribution in [0.3, 0.4) is 0 Å². The number of nitrogens with zero attached hydrogens (tertiary/aromatic N) is 14. The topological polar surface area (TPSA) is 127 Å². The maximum absolute atomic E-state index is 10.1. The van der Waals surface area contributed by atoms with Crippen molar-refractivity contribution in [3.8, 4) is 113 Å². The number of fused-ring (bicyclic) bond motifs is 6. The molecule has 0 radical (unpaired) electrons. The summed E-state index contributed by atoms with van der Waals surface area (Å²) in [6.45, 7) is 56.7. The van der Waals surface area contributed by atoms with Gasteiger partial charge in [0.05, 0.1) is 85.9 Å². The van der Waals surface area contributed by atoms with Crippen molar-refractivity contribution in [3.05, 3.63) is 334 Å². The Labute approximate surface area is 562 Å². The fourth-order valence-electron chi connectivity index (χ4n) is 13.0. The molecule has 0 amide bonds. The summed E-state index contributed by atoms with van der Waals surface area (Å²) in [6, 6.07) is 80.1. The van der Waals surface area contributed by atoms with Gasteiger partial charge in [0.25, 0.3) is 0 Å². The summed E-state index contributed by atoms with van der Waals surface area (Å²) in [5.74, 6) is 1.22. The number of rotatable bonds is 10. The number of aromatic nitrogens is 5. The second-order valence-electron chi connectivity index (χ2n) is 23.1. The zero-order valence-corrected chi connectivity index (χ0v) is 51.4. The van der Waals surface area contributed by atoms with Gasteiger partial charge in [-0.3, -0.25) is 0 Å². The van der Waals surface area contributed by atoms with Crippen molar-refractivity contribution in [2.24, 2.45) is 0 Å². The summed E-state index contributed by atoms with van der Waals surface area (Å²) in [6.07, 6.45) is 0. The Morgan fingerprint density at radius 1 is 0.276 bits per heavy atom. The van der Waals surface area contributed by atoms with Crippen molar-refractivity contribution in [1.82, 2.24) is 24.1 Å². The average Bonchev–Trinajstić information content (AvgIpc) is 1.55. The SMILES string of the molecule is [C-]#[N+]c1cc(C#N)cc(-c2ccc3c(c2)c2cc(-c4cc([N+]#[C-])cc([N+]#[C-])c4)ccc2n3-c2ccc(-c3nc(-c4ccccc4)nc(-c4ccccc4)n3)c(-c3cccc(-n4c5ccc(-c6cc(C#N)cc([N+]#[C-])c6)cc5c5cc(-c6cc([N+]#[C-])cc([N+]#[C-])c6)ccc54)c3[N+]#[C-])c2)c1. The van der Waals surface area contributed by atoms with E-state index in [9.17, 15) is 17.1 Å². The van der Waals surface area contributed by atoms with Gasteiger partial charge in [-0.15, -0.1) is 0 Å². The molecule has 0 aliphatic carbocycles. The van der Waals surface area contributed by atoms with E-state index in [0.717, 1.165) is 77.0 Å². The Hall–Kier alpha value is -15.3. The van der Waals surface area contributed by atoms with Crippen molar-refractivity contribution in [1.29, 1.82) is 10.5 Å². The van der Waals surface area contributed by atoms with Crippen molar-refractivity contribution in [2.75, 3.05) is 0 Å². The molecule has 0 saturated carbocycles. The quantitative estimate of drug-likeness (QED) is 0.126. The normalized spacial score (nSPS) is 10.8. The summed E-state index contributed by atoms with van der Waals surface area (Å²) in [5, 5.41) is 23.4. The molecule has 14 heteroatoms. The molecule has 12 aromatic carbocycles. The number of hydrogen-bond acceptors (Lipinski definition) is 5. The summed E-state index contributed by atoms with van der Waals surface area (Å²) in [7, 11) is 0. The van der Waals surface area contributed by atoms with Crippen LogP contribution >= 0.6 is 0 Å². The molecule has 15 aromatic rings. The van der Waals surface area contributed by atoms with Crippen molar-refractivity contribution in [2.45, 2.75) is 0 Å². The number of para-hydroxylation sites is 1. The van der Waals surface area contributed by atoms with E-state index in [2.05, 4.69) is 73.4 Å². The highest BCUT2D eigenvalue weighted by atomic mass is 15.0. The van der Waals surface area contributed by atoms with E-state index in [4.69, 9.17) is 54.4 Å². The van der Waals surface area contributed by atoms with E-state index >= 15 is 0 Å². The van der Waals surface area contributed by atoms with Gasteiger partial charge in [0, 0.05) is 55.0 Å². The molecule has 14 nitrogen and oxygen atoms in total. The Bertz CT molecular complexity index is 5920. The highest BCUT2D eigenvalue weighted by Crippen LogP contribution is 2.48. The van der Waals surface area contributed by atoms with Crippen LogP contribution in [0.5, 0.6) is 0 Å². The van der Waals surface area contributed by atoms with Crippen molar-refractivity contribution < 1.29 is 0 Å². The third-order valence-electron chi connectivity index (χ3n) is 17.4. The van der Waals surface area contributed by atoms with Crippen LogP contribution in [-0.4, -0.2) is 24.1 Å². The Morgan fingerprint density at radius 3 is 1.04 bits per heavy atom. The largest absolute Gasteiger partial charge is 0.319 e. The molecule has 0 aliphatic heterocycles. The standard InChI is InChI=1S/C84H40N14/c1-87-62-33-50(48-85)31-58(35-62)54-21-27-76-72(41-54)73-43-56(60-37-64(89-3)45-65(38-60)90-4)22-28-77(73)97(76)68-25-26-70(84-95-82(52-15-10-8-11-16-52)94-83(96-84)53-17-12-9-13-18-53)71(47-68)69-19-14-20-80(81(69)93-7)98-78-29-23-55(59-32-51(49-86)34-63(36-59)88-2)42-74(78)75-44-57(24-30-79(75)98)61-39-66(91-5)46-67(40-61)92-6/h8-47H. The fourth-order valence-corrected chi connectivity index (χ4v) is 13.0. The Morgan fingerprint density at radius 2 is 0.653 bits per heavy atom. The fraction of sp³-hybridized carbons (Fsp3) is 0. The van der Waals surface area contributed by atoms with E-state index < -0.39 is 0 Å². The molecule has 0 atom stereocenters. The lowest BCUT2D eigenvalue weighted by Crippen LogP contribution is -2.02. The molecule has 0 N–H and O–H groups in total. The molecular weight excluding hydrogens is 1210 g/mol. The summed E-state index contributed by atoms with van der Waals surface area (Å²) in [4.78, 5) is 42.2. The first-order chi connectivity index (χ1) is 48.1. The average molecular weight is 1250 g/mol. The van der Waals surface area contributed by atoms with Gasteiger partial charge in [-0.1, -0.05) is 133 Å². The lowest BCUT2D eigenvalue weighted by Gasteiger charge is -2.18. The predicted octanol–water partition coefficient (Wildman–Crippen LogP) is 23.0. The molecule has 0 fully saturated rings. The predicted molar refractivity (Wildman–Crippen MR) is 385 cm³/mol. The van der Waals surface area contributed by atoms with Crippen LogP contribution in [-0.2, 0) is 0 Å². The minimum atomic E-state index is 0.295. The molecule has 98 heavy (non-hydrogen) atoms. The summed E-state index contributed by atoms with van der Waals surface area (Å²) in [5.41, 5.74) is 16.4. The monoisotopic (exact) mass is 1240 g/mol. The minimum Gasteiger partial charge on any atom is -0.319 e. The second kappa shape index (κ2) is 24.4. The molecule has 0 saturated heterocycles. The number of benzene rings is 12. The van der Waals surface area contributed by atoms with E-state index in [1.165, 1.54) is 0 Å². The second-order valence-corrected chi connectivity index (χ2v) is 23.1. The lowest BCUT2D eigenvalue weighted by molar-refractivity contribution is 1.07. The van der Waals surface area contributed by atoms with E-state index in [1.54, 1.807) is 72.8 Å². The van der Waals surface area contributed by atoms with Crippen LogP contribution in [0.2, 0.25) is 0 Å². The maximum atomic E-state index is 10.1. The van der Waals surface area contributed by atoms with Gasteiger partial charge in [0.15, 0.2) is 51.6 Å². The van der Waals surface area contributed by atoms with Crippen LogP contribution in [0, 0.1) is 68.7 Å². The highest BCUT2D eigenvalue weighted by Gasteiger charge is 2.25. The molecule has 3 aromatic heterocycles. The molecule has 0 spiro atoms. The molecule has 15 rings (SSSR count). The van der Waals surface area contributed by atoms with Crippen LogP contribution < -0.4 is 0 Å².